The van der Waals surface area contributed by atoms with Crippen molar-refractivity contribution in [3.05, 3.63) is 70.3 Å². The van der Waals surface area contributed by atoms with Crippen molar-refractivity contribution in [2.24, 2.45) is 0 Å². The van der Waals surface area contributed by atoms with E-state index in [1.807, 2.05) is 19.9 Å². The van der Waals surface area contributed by atoms with Crippen LogP contribution in [0.4, 0.5) is 10.1 Å². The van der Waals surface area contributed by atoms with Crippen molar-refractivity contribution >= 4 is 33.2 Å². The molecule has 0 aliphatic heterocycles. The normalized spacial score (nSPS) is 11.7. The molecule has 1 aromatic heterocycles. The third-order valence-electron chi connectivity index (χ3n) is 4.96. The molecule has 7 nitrogen and oxygen atoms in total. The SMILES string of the molecule is CCN(CC)S(=O)(=O)c1cc(C(=O)Nc2ccc(-n3nc(C)cc3C)c(F)c2)ccc1Cl. The van der Waals surface area contributed by atoms with E-state index in [1.54, 1.807) is 19.9 Å². The molecule has 0 saturated carbocycles. The lowest BCUT2D eigenvalue weighted by Crippen LogP contribution is -2.31. The summed E-state index contributed by atoms with van der Waals surface area (Å²) in [5.74, 6) is -1.15. The number of halogens is 2. The highest BCUT2D eigenvalue weighted by Crippen LogP contribution is 2.27. The fourth-order valence-corrected chi connectivity index (χ4v) is 5.34. The molecule has 32 heavy (non-hydrogen) atoms. The quantitative estimate of drug-likeness (QED) is 0.539. The number of amides is 1. The summed E-state index contributed by atoms with van der Waals surface area (Å²) >= 11 is 6.12. The number of sulfonamides is 1. The lowest BCUT2D eigenvalue weighted by Gasteiger charge is -2.19. The van der Waals surface area contributed by atoms with Crippen LogP contribution in [0.5, 0.6) is 0 Å². The molecule has 1 heterocycles. The zero-order chi connectivity index (χ0) is 23.6. The average molecular weight is 479 g/mol. The molecule has 0 spiro atoms. The molecule has 0 bridgehead atoms. The van der Waals surface area contributed by atoms with E-state index in [9.17, 15) is 17.6 Å². The Bertz CT molecular complexity index is 1270. The Morgan fingerprint density at radius 3 is 2.38 bits per heavy atom. The fourth-order valence-electron chi connectivity index (χ4n) is 3.38. The molecule has 170 valence electrons. The fraction of sp³-hybridized carbons (Fsp3) is 0.273. The molecular formula is C22H24ClFN4O3S. The zero-order valence-corrected chi connectivity index (χ0v) is 19.8. The molecular weight excluding hydrogens is 455 g/mol. The Balaban J connectivity index is 1.88. The number of nitrogens with one attached hydrogen (secondary N) is 1. The Morgan fingerprint density at radius 2 is 1.81 bits per heavy atom. The predicted molar refractivity (Wildman–Crippen MR) is 123 cm³/mol. The van der Waals surface area contributed by atoms with Crippen molar-refractivity contribution in [2.75, 3.05) is 18.4 Å². The summed E-state index contributed by atoms with van der Waals surface area (Å²) in [7, 11) is -3.85. The lowest BCUT2D eigenvalue weighted by molar-refractivity contribution is 0.102. The Labute approximate surface area is 191 Å². The largest absolute Gasteiger partial charge is 0.322 e. The van der Waals surface area contributed by atoms with E-state index in [-0.39, 0.29) is 39.9 Å². The number of anilines is 1. The summed E-state index contributed by atoms with van der Waals surface area (Å²) in [6.07, 6.45) is 0. The van der Waals surface area contributed by atoms with Crippen LogP contribution in [0.15, 0.2) is 47.4 Å². The number of rotatable bonds is 7. The van der Waals surface area contributed by atoms with Gasteiger partial charge in [0.15, 0.2) is 5.82 Å². The molecule has 2 aromatic carbocycles. The maximum absolute atomic E-state index is 14.7. The van der Waals surface area contributed by atoms with Gasteiger partial charge < -0.3 is 5.32 Å². The van der Waals surface area contributed by atoms with Gasteiger partial charge in [-0.2, -0.15) is 9.40 Å². The van der Waals surface area contributed by atoms with E-state index in [2.05, 4.69) is 10.4 Å². The highest BCUT2D eigenvalue weighted by Gasteiger charge is 2.25. The van der Waals surface area contributed by atoms with Crippen LogP contribution >= 0.6 is 11.6 Å². The third-order valence-corrected chi connectivity index (χ3v) is 7.49. The summed E-state index contributed by atoms with van der Waals surface area (Å²) < 4.78 is 43.1. The van der Waals surface area contributed by atoms with Crippen LogP contribution in [0.3, 0.4) is 0 Å². The first-order valence-corrected chi connectivity index (χ1v) is 11.8. The van der Waals surface area contributed by atoms with E-state index in [1.165, 1.54) is 39.3 Å². The first kappa shape index (κ1) is 23.9. The molecule has 1 N–H and O–H groups in total. The van der Waals surface area contributed by atoms with Crippen LogP contribution in [0.2, 0.25) is 5.02 Å². The van der Waals surface area contributed by atoms with Crippen LogP contribution in [-0.4, -0.2) is 41.5 Å². The summed E-state index contributed by atoms with van der Waals surface area (Å²) in [5.41, 5.74) is 2.11. The van der Waals surface area contributed by atoms with Crippen LogP contribution < -0.4 is 5.32 Å². The minimum atomic E-state index is -3.85. The molecule has 3 aromatic rings. The van der Waals surface area contributed by atoms with Crippen LogP contribution in [0.25, 0.3) is 5.69 Å². The van der Waals surface area contributed by atoms with Crippen molar-refractivity contribution < 1.29 is 17.6 Å². The van der Waals surface area contributed by atoms with Crippen molar-refractivity contribution in [3.63, 3.8) is 0 Å². The smallest absolute Gasteiger partial charge is 0.255 e. The Morgan fingerprint density at radius 1 is 1.12 bits per heavy atom. The van der Waals surface area contributed by atoms with Crippen LogP contribution in [0.1, 0.15) is 35.6 Å². The molecule has 10 heteroatoms. The Hall–Kier alpha value is -2.75. The van der Waals surface area contributed by atoms with Crippen molar-refractivity contribution in [3.8, 4) is 5.69 Å². The molecule has 0 aliphatic rings. The molecule has 0 atom stereocenters. The van der Waals surface area contributed by atoms with Gasteiger partial charge in [-0.3, -0.25) is 4.79 Å². The average Bonchev–Trinajstić information content (AvgIpc) is 3.06. The van der Waals surface area contributed by atoms with E-state index in [0.717, 1.165) is 11.4 Å². The highest BCUT2D eigenvalue weighted by atomic mass is 35.5. The standard InChI is InChI=1S/C22H24ClFN4O3S/c1-5-27(6-2)32(30,31)21-12-16(7-9-18(21)23)22(29)25-17-8-10-20(19(24)13-17)28-15(4)11-14(3)26-28/h7-13H,5-6H2,1-4H3,(H,25,29). The summed E-state index contributed by atoms with van der Waals surface area (Å²) in [6.45, 7) is 7.61. The van der Waals surface area contributed by atoms with Crippen LogP contribution in [0, 0.1) is 19.7 Å². The van der Waals surface area contributed by atoms with Gasteiger partial charge in [0.05, 0.1) is 10.7 Å². The Kier molecular flexibility index (Phi) is 7.02. The molecule has 0 saturated heterocycles. The molecule has 0 aliphatic carbocycles. The second-order valence-electron chi connectivity index (χ2n) is 7.19. The van der Waals surface area contributed by atoms with Crippen molar-refractivity contribution in [1.29, 1.82) is 0 Å². The second kappa shape index (κ2) is 9.40. The first-order valence-electron chi connectivity index (χ1n) is 10.0. The number of aromatic nitrogens is 2. The number of hydrogen-bond acceptors (Lipinski definition) is 4. The summed E-state index contributed by atoms with van der Waals surface area (Å²) in [4.78, 5) is 12.6. The lowest BCUT2D eigenvalue weighted by atomic mass is 10.2. The van der Waals surface area contributed by atoms with Gasteiger partial charge in [0, 0.05) is 30.0 Å². The molecule has 0 unspecified atom stereocenters. The van der Waals surface area contributed by atoms with Gasteiger partial charge in [0.2, 0.25) is 10.0 Å². The van der Waals surface area contributed by atoms with Gasteiger partial charge >= 0.3 is 0 Å². The third kappa shape index (κ3) is 4.69. The van der Waals surface area contributed by atoms with E-state index < -0.39 is 21.7 Å². The maximum Gasteiger partial charge on any atom is 0.255 e. The molecule has 3 rings (SSSR count). The summed E-state index contributed by atoms with van der Waals surface area (Å²) in [5, 5.41) is 6.88. The molecule has 0 fully saturated rings. The van der Waals surface area contributed by atoms with Gasteiger partial charge in [-0.05, 0) is 56.3 Å². The maximum atomic E-state index is 14.7. The number of carbonyl (C=O) groups excluding carboxylic acids is 1. The highest BCUT2D eigenvalue weighted by molar-refractivity contribution is 7.89. The van der Waals surface area contributed by atoms with Gasteiger partial charge in [-0.25, -0.2) is 17.5 Å². The first-order chi connectivity index (χ1) is 15.1. The van der Waals surface area contributed by atoms with E-state index >= 15 is 0 Å². The van der Waals surface area contributed by atoms with Crippen molar-refractivity contribution in [1.82, 2.24) is 14.1 Å². The van der Waals surface area contributed by atoms with Gasteiger partial charge in [0.25, 0.3) is 5.91 Å². The van der Waals surface area contributed by atoms with E-state index in [0.29, 0.717) is 0 Å². The minimum Gasteiger partial charge on any atom is -0.322 e. The second-order valence-corrected chi connectivity index (χ2v) is 9.51. The van der Waals surface area contributed by atoms with Crippen molar-refractivity contribution in [2.45, 2.75) is 32.6 Å². The molecule has 1 amide bonds. The van der Waals surface area contributed by atoms with Gasteiger partial charge in [-0.1, -0.05) is 25.4 Å². The van der Waals surface area contributed by atoms with E-state index in [4.69, 9.17) is 11.6 Å². The monoisotopic (exact) mass is 478 g/mol. The number of aryl methyl sites for hydroxylation is 2. The molecule has 0 radical (unpaired) electrons. The minimum absolute atomic E-state index is 0.0220. The number of nitrogens with zero attached hydrogens (tertiary/aromatic N) is 3. The zero-order valence-electron chi connectivity index (χ0n) is 18.2. The van der Waals surface area contributed by atoms with Gasteiger partial charge in [0.1, 0.15) is 10.6 Å². The summed E-state index contributed by atoms with van der Waals surface area (Å²) in [6, 6.07) is 10.1. The number of benzene rings is 2. The van der Waals surface area contributed by atoms with Gasteiger partial charge in [-0.15, -0.1) is 0 Å². The number of carbonyl (C=O) groups is 1. The topological polar surface area (TPSA) is 84.3 Å². The number of hydrogen-bond donors (Lipinski definition) is 1. The predicted octanol–water partition coefficient (Wildman–Crippen LogP) is 4.56. The van der Waals surface area contributed by atoms with Crippen LogP contribution in [-0.2, 0) is 10.0 Å².